The van der Waals surface area contributed by atoms with E-state index in [9.17, 15) is 18.0 Å². The quantitative estimate of drug-likeness (QED) is 0.717. The van der Waals surface area contributed by atoms with E-state index < -0.39 is 12.7 Å². The van der Waals surface area contributed by atoms with Crippen molar-refractivity contribution in [2.75, 3.05) is 32.7 Å². The Labute approximate surface area is 137 Å². The lowest BCUT2D eigenvalue weighted by molar-refractivity contribution is -0.148. The number of alkyl halides is 3. The van der Waals surface area contributed by atoms with Crippen molar-refractivity contribution in [2.45, 2.75) is 6.18 Å². The van der Waals surface area contributed by atoms with Gasteiger partial charge in [0, 0.05) is 35.1 Å². The molecule has 0 radical (unpaired) electrons. The lowest BCUT2D eigenvalue weighted by atomic mass is 10.2. The molecule has 1 heterocycles. The predicted molar refractivity (Wildman–Crippen MR) is 80.2 cm³/mol. The van der Waals surface area contributed by atoms with Crippen LogP contribution in [0.4, 0.5) is 13.2 Å². The molecule has 0 aromatic heterocycles. The van der Waals surface area contributed by atoms with Crippen LogP contribution in [0, 0.1) is 0 Å². The van der Waals surface area contributed by atoms with E-state index in [0.717, 1.165) is 4.47 Å². The van der Waals surface area contributed by atoms with Gasteiger partial charge in [-0.1, -0.05) is 15.9 Å². The topological polar surface area (TPSA) is 23.6 Å². The molecular weight excluding hydrogens is 417 g/mol. The highest BCUT2D eigenvalue weighted by molar-refractivity contribution is 9.11. The molecule has 0 spiro atoms. The van der Waals surface area contributed by atoms with Gasteiger partial charge in [-0.3, -0.25) is 9.69 Å². The highest BCUT2D eigenvalue weighted by atomic mass is 79.9. The van der Waals surface area contributed by atoms with E-state index in [1.165, 1.54) is 4.90 Å². The third-order valence-electron chi connectivity index (χ3n) is 3.22. The van der Waals surface area contributed by atoms with E-state index in [-0.39, 0.29) is 19.0 Å². The summed E-state index contributed by atoms with van der Waals surface area (Å²) in [6.07, 6.45) is -4.19. The summed E-state index contributed by atoms with van der Waals surface area (Å²) in [6.45, 7) is 0.144. The summed E-state index contributed by atoms with van der Waals surface area (Å²) in [7, 11) is 0. The standard InChI is InChI=1S/C13H13Br2F3N2O/c14-9-1-2-11(15)10(7-9)12(21)20-5-3-19(4-6-20)8-13(16,17)18/h1-2,7H,3-6,8H2. The van der Waals surface area contributed by atoms with Crippen molar-refractivity contribution in [3.63, 3.8) is 0 Å². The highest BCUT2D eigenvalue weighted by Gasteiger charge is 2.33. The molecule has 1 saturated heterocycles. The van der Waals surface area contributed by atoms with Crippen molar-refractivity contribution in [1.29, 1.82) is 0 Å². The van der Waals surface area contributed by atoms with E-state index in [1.54, 1.807) is 17.0 Å². The number of benzene rings is 1. The van der Waals surface area contributed by atoms with Gasteiger partial charge < -0.3 is 4.90 Å². The molecule has 1 aromatic carbocycles. The van der Waals surface area contributed by atoms with Gasteiger partial charge in [0.2, 0.25) is 0 Å². The molecule has 0 unspecified atom stereocenters. The molecule has 0 saturated carbocycles. The first-order chi connectivity index (χ1) is 9.76. The third kappa shape index (κ3) is 4.69. The fourth-order valence-corrected chi connectivity index (χ4v) is 2.97. The molecule has 1 amide bonds. The maximum Gasteiger partial charge on any atom is 0.401 e. The second-order valence-corrected chi connectivity index (χ2v) is 6.58. The predicted octanol–water partition coefficient (Wildman–Crippen LogP) is 3.53. The number of hydrogen-bond donors (Lipinski definition) is 0. The van der Waals surface area contributed by atoms with Crippen LogP contribution in [-0.2, 0) is 0 Å². The summed E-state index contributed by atoms with van der Waals surface area (Å²) < 4.78 is 38.4. The molecule has 8 heteroatoms. The van der Waals surface area contributed by atoms with Crippen molar-refractivity contribution in [3.05, 3.63) is 32.7 Å². The molecule has 0 bridgehead atoms. The van der Waals surface area contributed by atoms with Gasteiger partial charge in [-0.2, -0.15) is 13.2 Å². The Bertz CT molecular complexity index is 529. The van der Waals surface area contributed by atoms with Crippen molar-refractivity contribution in [1.82, 2.24) is 9.80 Å². The minimum absolute atomic E-state index is 0.171. The zero-order valence-electron chi connectivity index (χ0n) is 11.0. The van der Waals surface area contributed by atoms with Crippen molar-refractivity contribution < 1.29 is 18.0 Å². The molecule has 0 atom stereocenters. The van der Waals surface area contributed by atoms with Gasteiger partial charge in [-0.25, -0.2) is 0 Å². The molecule has 116 valence electrons. The van der Waals surface area contributed by atoms with E-state index in [1.807, 2.05) is 6.07 Å². The lowest BCUT2D eigenvalue weighted by Crippen LogP contribution is -2.51. The van der Waals surface area contributed by atoms with E-state index in [0.29, 0.717) is 23.1 Å². The normalized spacial score (nSPS) is 17.1. The van der Waals surface area contributed by atoms with Crippen LogP contribution in [0.2, 0.25) is 0 Å². The number of nitrogens with zero attached hydrogens (tertiary/aromatic N) is 2. The highest BCUT2D eigenvalue weighted by Crippen LogP contribution is 2.24. The number of piperazine rings is 1. The summed E-state index contributed by atoms with van der Waals surface area (Å²) in [5.74, 6) is -0.171. The van der Waals surface area contributed by atoms with Crippen LogP contribution in [0.25, 0.3) is 0 Å². The minimum atomic E-state index is -4.19. The summed E-state index contributed by atoms with van der Waals surface area (Å²) in [6, 6.07) is 5.27. The Hall–Kier alpha value is -0.600. The van der Waals surface area contributed by atoms with E-state index in [4.69, 9.17) is 0 Å². The molecule has 1 aliphatic rings. The van der Waals surface area contributed by atoms with Crippen molar-refractivity contribution in [3.8, 4) is 0 Å². The maximum atomic E-state index is 12.4. The first kappa shape index (κ1) is 16.8. The Balaban J connectivity index is 1.99. The van der Waals surface area contributed by atoms with Crippen LogP contribution in [0.1, 0.15) is 10.4 Å². The largest absolute Gasteiger partial charge is 0.401 e. The van der Waals surface area contributed by atoms with Crippen molar-refractivity contribution in [2.24, 2.45) is 0 Å². The second-order valence-electron chi connectivity index (χ2n) is 4.81. The summed E-state index contributed by atoms with van der Waals surface area (Å²) >= 11 is 6.63. The van der Waals surface area contributed by atoms with E-state index >= 15 is 0 Å². The summed E-state index contributed by atoms with van der Waals surface area (Å²) in [5.41, 5.74) is 0.508. The second kappa shape index (κ2) is 6.66. The van der Waals surface area contributed by atoms with E-state index in [2.05, 4.69) is 31.9 Å². The zero-order valence-corrected chi connectivity index (χ0v) is 14.1. The van der Waals surface area contributed by atoms with Gasteiger partial charge in [0.05, 0.1) is 12.1 Å². The molecule has 1 aliphatic heterocycles. The Morgan fingerprint density at radius 1 is 1.14 bits per heavy atom. The molecule has 3 nitrogen and oxygen atoms in total. The molecule has 0 aliphatic carbocycles. The Morgan fingerprint density at radius 2 is 1.76 bits per heavy atom. The SMILES string of the molecule is O=C(c1cc(Br)ccc1Br)N1CCN(CC(F)(F)F)CC1. The van der Waals surface area contributed by atoms with Gasteiger partial charge in [-0.15, -0.1) is 0 Å². The molecule has 1 fully saturated rings. The summed E-state index contributed by atoms with van der Waals surface area (Å²) in [5, 5.41) is 0. The average Bonchev–Trinajstić information content (AvgIpc) is 2.40. The number of hydrogen-bond acceptors (Lipinski definition) is 2. The van der Waals surface area contributed by atoms with Gasteiger partial charge in [-0.05, 0) is 34.1 Å². The van der Waals surface area contributed by atoms with Crippen LogP contribution < -0.4 is 0 Å². The number of rotatable bonds is 2. The molecule has 1 aromatic rings. The fourth-order valence-electron chi connectivity index (χ4n) is 2.19. The van der Waals surface area contributed by atoms with Crippen LogP contribution in [0.15, 0.2) is 27.1 Å². The smallest absolute Gasteiger partial charge is 0.336 e. The van der Waals surface area contributed by atoms with Crippen molar-refractivity contribution >= 4 is 37.8 Å². The lowest BCUT2D eigenvalue weighted by Gasteiger charge is -2.35. The minimum Gasteiger partial charge on any atom is -0.336 e. The molecule has 0 N–H and O–H groups in total. The monoisotopic (exact) mass is 428 g/mol. The number of amides is 1. The number of halogens is 5. The van der Waals surface area contributed by atoms with Gasteiger partial charge in [0.15, 0.2) is 0 Å². The molecule has 2 rings (SSSR count). The molecular formula is C13H13Br2F3N2O. The van der Waals surface area contributed by atoms with Gasteiger partial charge >= 0.3 is 6.18 Å². The van der Waals surface area contributed by atoms with Crippen LogP contribution in [0.3, 0.4) is 0 Å². The number of carbonyl (C=O) groups is 1. The fraction of sp³-hybridized carbons (Fsp3) is 0.462. The van der Waals surface area contributed by atoms with Crippen LogP contribution in [-0.4, -0.2) is 54.6 Å². The van der Waals surface area contributed by atoms with Crippen LogP contribution >= 0.6 is 31.9 Å². The molecule has 21 heavy (non-hydrogen) atoms. The van der Waals surface area contributed by atoms with Gasteiger partial charge in [0.1, 0.15) is 0 Å². The first-order valence-electron chi connectivity index (χ1n) is 6.30. The zero-order chi connectivity index (χ0) is 15.6. The third-order valence-corrected chi connectivity index (χ3v) is 4.41. The number of carbonyl (C=O) groups excluding carboxylic acids is 1. The van der Waals surface area contributed by atoms with Crippen LogP contribution in [0.5, 0.6) is 0 Å². The Kier molecular flexibility index (Phi) is 5.32. The maximum absolute atomic E-state index is 12.4. The first-order valence-corrected chi connectivity index (χ1v) is 7.88. The summed E-state index contributed by atoms with van der Waals surface area (Å²) in [4.78, 5) is 15.3. The Morgan fingerprint density at radius 3 is 2.33 bits per heavy atom. The average molecular weight is 430 g/mol. The van der Waals surface area contributed by atoms with Gasteiger partial charge in [0.25, 0.3) is 5.91 Å².